The van der Waals surface area contributed by atoms with Crippen molar-refractivity contribution in [1.82, 2.24) is 4.90 Å². The Kier molecular flexibility index (Phi) is 8.47. The Labute approximate surface area is 184 Å². The van der Waals surface area contributed by atoms with Crippen LogP contribution in [0.3, 0.4) is 0 Å². The molecule has 0 bridgehead atoms. The number of amides is 1. The first-order valence-electron chi connectivity index (χ1n) is 10.8. The third kappa shape index (κ3) is 6.56. The summed E-state index contributed by atoms with van der Waals surface area (Å²) in [5.41, 5.74) is 2.34. The third-order valence-electron chi connectivity index (χ3n) is 5.58. The van der Waals surface area contributed by atoms with Gasteiger partial charge in [0.2, 0.25) is 0 Å². The molecule has 2 unspecified atom stereocenters. The van der Waals surface area contributed by atoms with E-state index in [0.29, 0.717) is 0 Å². The van der Waals surface area contributed by atoms with Gasteiger partial charge in [-0.15, -0.1) is 6.58 Å². The van der Waals surface area contributed by atoms with Crippen LogP contribution < -0.4 is 4.90 Å². The number of halogens is 1. The van der Waals surface area contributed by atoms with Crippen molar-refractivity contribution in [3.05, 3.63) is 78.6 Å². The van der Waals surface area contributed by atoms with Crippen LogP contribution in [-0.4, -0.2) is 49.9 Å². The Bertz CT molecular complexity index is 822. The molecule has 6 heteroatoms. The largest absolute Gasteiger partial charge is 0.446 e. The van der Waals surface area contributed by atoms with E-state index in [-0.39, 0.29) is 24.1 Å². The summed E-state index contributed by atoms with van der Waals surface area (Å²) in [6, 6.07) is 16.4. The van der Waals surface area contributed by atoms with Crippen LogP contribution in [-0.2, 0) is 9.47 Å². The average molecular weight is 427 g/mol. The van der Waals surface area contributed by atoms with Crippen LogP contribution in [0, 0.1) is 5.82 Å². The van der Waals surface area contributed by atoms with Gasteiger partial charge < -0.3 is 19.3 Å². The molecule has 0 spiro atoms. The maximum absolute atomic E-state index is 12.3. The van der Waals surface area contributed by atoms with Gasteiger partial charge in [-0.1, -0.05) is 36.4 Å². The zero-order valence-electron chi connectivity index (χ0n) is 18.1. The van der Waals surface area contributed by atoms with Crippen LogP contribution in [0.4, 0.5) is 14.9 Å². The van der Waals surface area contributed by atoms with E-state index < -0.39 is 0 Å². The quantitative estimate of drug-likeness (QED) is 0.617. The van der Waals surface area contributed by atoms with Crippen molar-refractivity contribution in [2.45, 2.75) is 31.9 Å². The van der Waals surface area contributed by atoms with Gasteiger partial charge >= 0.3 is 6.09 Å². The standard InChI is InChI=1S/C19H26N2O3.C6H5F/c1-3-4-18-9-10-21(19(22)24-18)15(2)16-5-7-17(8-6-16)20-11-13-23-14-12-20;7-6-4-2-1-3-5-6/h3,5-8,15,18H,1,4,9-14H2,2H3;1-5H. The number of hydrogen-bond acceptors (Lipinski definition) is 4. The Morgan fingerprint density at radius 1 is 1.10 bits per heavy atom. The predicted molar refractivity (Wildman–Crippen MR) is 121 cm³/mol. The van der Waals surface area contributed by atoms with E-state index in [1.54, 1.807) is 24.3 Å². The first-order valence-corrected chi connectivity index (χ1v) is 10.8. The molecule has 2 atom stereocenters. The summed E-state index contributed by atoms with van der Waals surface area (Å²) in [4.78, 5) is 16.4. The van der Waals surface area contributed by atoms with Gasteiger partial charge in [0.1, 0.15) is 11.9 Å². The maximum atomic E-state index is 12.3. The fourth-order valence-corrected chi connectivity index (χ4v) is 3.73. The molecule has 5 nitrogen and oxygen atoms in total. The van der Waals surface area contributed by atoms with Crippen LogP contribution in [0.25, 0.3) is 0 Å². The number of carbonyl (C=O) groups excluding carboxylic acids is 1. The number of nitrogens with zero attached hydrogens (tertiary/aromatic N) is 2. The smallest absolute Gasteiger partial charge is 0.410 e. The Morgan fingerprint density at radius 2 is 1.77 bits per heavy atom. The summed E-state index contributed by atoms with van der Waals surface area (Å²) in [6.45, 7) is 9.91. The SMILES string of the molecule is C=CCC1CCN(C(C)c2ccc(N3CCOCC3)cc2)C(=O)O1.Fc1ccccc1. The van der Waals surface area contributed by atoms with Crippen molar-refractivity contribution in [3.63, 3.8) is 0 Å². The topological polar surface area (TPSA) is 42.0 Å². The van der Waals surface area contributed by atoms with Crippen LogP contribution in [0.2, 0.25) is 0 Å². The molecule has 0 N–H and O–H groups in total. The summed E-state index contributed by atoms with van der Waals surface area (Å²) in [7, 11) is 0. The van der Waals surface area contributed by atoms with Crippen molar-refractivity contribution >= 4 is 11.8 Å². The molecular formula is C25H31FN2O3. The highest BCUT2D eigenvalue weighted by molar-refractivity contribution is 5.69. The van der Waals surface area contributed by atoms with Crippen molar-refractivity contribution < 1.29 is 18.7 Å². The van der Waals surface area contributed by atoms with E-state index in [2.05, 4.69) is 42.7 Å². The molecule has 166 valence electrons. The van der Waals surface area contributed by atoms with Gasteiger partial charge in [-0.05, 0) is 36.8 Å². The molecule has 2 aliphatic heterocycles. The summed E-state index contributed by atoms with van der Waals surface area (Å²) in [6.07, 6.45) is 3.14. The van der Waals surface area contributed by atoms with Crippen molar-refractivity contribution in [2.75, 3.05) is 37.7 Å². The number of benzene rings is 2. The number of carbonyl (C=O) groups is 1. The van der Waals surface area contributed by atoms with E-state index in [0.717, 1.165) is 51.3 Å². The lowest BCUT2D eigenvalue weighted by Gasteiger charge is -2.35. The normalized spacial score (nSPS) is 19.7. The van der Waals surface area contributed by atoms with E-state index >= 15 is 0 Å². The van der Waals surface area contributed by atoms with E-state index in [9.17, 15) is 9.18 Å². The number of hydrogen-bond donors (Lipinski definition) is 0. The molecule has 0 aliphatic carbocycles. The number of cyclic esters (lactones) is 1. The van der Waals surface area contributed by atoms with Crippen LogP contribution in [0.5, 0.6) is 0 Å². The van der Waals surface area contributed by atoms with E-state index in [4.69, 9.17) is 9.47 Å². The number of ether oxygens (including phenoxy) is 2. The number of morpholine rings is 1. The summed E-state index contributed by atoms with van der Waals surface area (Å²) < 4.78 is 22.8. The molecular weight excluding hydrogens is 395 g/mol. The molecule has 0 radical (unpaired) electrons. The Hall–Kier alpha value is -2.86. The van der Waals surface area contributed by atoms with E-state index in [1.165, 1.54) is 17.8 Å². The molecule has 2 fully saturated rings. The minimum atomic E-state index is -0.224. The molecule has 1 amide bonds. The third-order valence-corrected chi connectivity index (χ3v) is 5.58. The molecule has 0 aromatic heterocycles. The number of rotatable bonds is 5. The fourth-order valence-electron chi connectivity index (χ4n) is 3.73. The number of anilines is 1. The fraction of sp³-hybridized carbons (Fsp3) is 0.400. The zero-order chi connectivity index (χ0) is 22.1. The van der Waals surface area contributed by atoms with Crippen molar-refractivity contribution in [3.8, 4) is 0 Å². The lowest BCUT2D eigenvalue weighted by atomic mass is 10.0. The molecule has 2 saturated heterocycles. The monoisotopic (exact) mass is 426 g/mol. The first-order chi connectivity index (χ1) is 15.1. The molecule has 4 rings (SSSR count). The van der Waals surface area contributed by atoms with Gasteiger partial charge in [0.15, 0.2) is 0 Å². The van der Waals surface area contributed by atoms with Gasteiger partial charge in [-0.3, -0.25) is 0 Å². The van der Waals surface area contributed by atoms with Gasteiger partial charge in [-0.25, -0.2) is 9.18 Å². The van der Waals surface area contributed by atoms with Crippen LogP contribution in [0.15, 0.2) is 67.3 Å². The van der Waals surface area contributed by atoms with Gasteiger partial charge in [0, 0.05) is 38.2 Å². The second kappa shape index (κ2) is 11.5. The van der Waals surface area contributed by atoms with E-state index in [1.807, 2.05) is 4.90 Å². The second-order valence-corrected chi connectivity index (χ2v) is 7.67. The minimum absolute atomic E-state index is 0.0147. The highest BCUT2D eigenvalue weighted by Gasteiger charge is 2.30. The predicted octanol–water partition coefficient (Wildman–Crippen LogP) is 5.20. The molecule has 2 aliphatic rings. The van der Waals surface area contributed by atoms with Crippen LogP contribution in [0.1, 0.15) is 31.4 Å². The summed E-state index contributed by atoms with van der Waals surface area (Å²) in [5, 5.41) is 0. The summed E-state index contributed by atoms with van der Waals surface area (Å²) >= 11 is 0. The Morgan fingerprint density at radius 3 is 2.32 bits per heavy atom. The van der Waals surface area contributed by atoms with Crippen molar-refractivity contribution in [1.29, 1.82) is 0 Å². The zero-order valence-corrected chi connectivity index (χ0v) is 18.1. The van der Waals surface area contributed by atoms with Gasteiger partial charge in [0.05, 0.1) is 19.3 Å². The van der Waals surface area contributed by atoms with Crippen molar-refractivity contribution in [2.24, 2.45) is 0 Å². The molecule has 2 aromatic rings. The van der Waals surface area contributed by atoms with Gasteiger partial charge in [0.25, 0.3) is 0 Å². The first kappa shape index (κ1) is 22.8. The highest BCUT2D eigenvalue weighted by Crippen LogP contribution is 2.27. The molecule has 31 heavy (non-hydrogen) atoms. The Balaban J connectivity index is 0.000000330. The minimum Gasteiger partial charge on any atom is -0.446 e. The van der Waals surface area contributed by atoms with Gasteiger partial charge in [-0.2, -0.15) is 0 Å². The maximum Gasteiger partial charge on any atom is 0.410 e. The molecule has 2 aromatic carbocycles. The lowest BCUT2D eigenvalue weighted by molar-refractivity contribution is 0.0146. The van der Waals surface area contributed by atoms with Crippen LogP contribution >= 0.6 is 0 Å². The summed E-state index contributed by atoms with van der Waals surface area (Å²) in [5.74, 6) is -0.178. The average Bonchev–Trinajstić information content (AvgIpc) is 2.81. The highest BCUT2D eigenvalue weighted by atomic mass is 19.1. The molecule has 2 heterocycles. The second-order valence-electron chi connectivity index (χ2n) is 7.67. The molecule has 0 saturated carbocycles. The lowest BCUT2D eigenvalue weighted by Crippen LogP contribution is -2.43.